The molecule has 0 saturated carbocycles. The van der Waals surface area contributed by atoms with Gasteiger partial charge < -0.3 is 10.4 Å². The number of hydrogen-bond donors (Lipinski definition) is 2. The van der Waals surface area contributed by atoms with E-state index in [0.717, 1.165) is 24.4 Å². The number of aromatic carboxylic acids is 1. The van der Waals surface area contributed by atoms with E-state index in [0.29, 0.717) is 0 Å². The van der Waals surface area contributed by atoms with Crippen LogP contribution in [0.2, 0.25) is 0 Å². The largest absolute Gasteiger partial charge is 0.478 e. The number of benzene rings is 1. The molecule has 2 N–H and O–H groups in total. The Balaban J connectivity index is 2.24. The van der Waals surface area contributed by atoms with Crippen molar-refractivity contribution in [3.05, 3.63) is 59.4 Å². The molecule has 0 unspecified atom stereocenters. The van der Waals surface area contributed by atoms with Gasteiger partial charge in [0.1, 0.15) is 5.82 Å². The molecular formula is C13H8F2N2O3. The van der Waals surface area contributed by atoms with Crippen LogP contribution >= 0.6 is 0 Å². The number of rotatable bonds is 3. The minimum absolute atomic E-state index is 0.0127. The van der Waals surface area contributed by atoms with Gasteiger partial charge in [0, 0.05) is 23.5 Å². The molecule has 0 radical (unpaired) electrons. The third kappa shape index (κ3) is 2.94. The number of pyridine rings is 1. The van der Waals surface area contributed by atoms with Crippen molar-refractivity contribution in [3.63, 3.8) is 0 Å². The van der Waals surface area contributed by atoms with Crippen molar-refractivity contribution in [2.24, 2.45) is 0 Å². The Kier molecular flexibility index (Phi) is 3.69. The third-order valence-electron chi connectivity index (χ3n) is 2.44. The molecule has 0 saturated heterocycles. The van der Waals surface area contributed by atoms with Gasteiger partial charge in [-0.15, -0.1) is 0 Å². The first kappa shape index (κ1) is 13.6. The van der Waals surface area contributed by atoms with Crippen molar-refractivity contribution in [1.82, 2.24) is 4.98 Å². The summed E-state index contributed by atoms with van der Waals surface area (Å²) in [5.74, 6) is -3.84. The first-order chi connectivity index (χ1) is 9.47. The van der Waals surface area contributed by atoms with Crippen molar-refractivity contribution in [2.75, 3.05) is 5.32 Å². The number of halogens is 2. The highest BCUT2D eigenvalue weighted by Crippen LogP contribution is 2.16. The Morgan fingerprint density at radius 2 is 1.90 bits per heavy atom. The van der Waals surface area contributed by atoms with E-state index in [2.05, 4.69) is 10.3 Å². The van der Waals surface area contributed by atoms with Crippen LogP contribution in [0.25, 0.3) is 0 Å². The molecule has 1 amide bonds. The lowest BCUT2D eigenvalue weighted by atomic mass is 10.1. The SMILES string of the molecule is O=C(Nc1ccc(F)c(C(=O)O)c1)c1ccnc(F)c1. The summed E-state index contributed by atoms with van der Waals surface area (Å²) in [6.45, 7) is 0. The minimum Gasteiger partial charge on any atom is -0.478 e. The second-order valence-electron chi connectivity index (χ2n) is 3.82. The summed E-state index contributed by atoms with van der Waals surface area (Å²) in [5, 5.41) is 11.1. The van der Waals surface area contributed by atoms with Gasteiger partial charge in [-0.2, -0.15) is 4.39 Å². The minimum atomic E-state index is -1.45. The Morgan fingerprint density at radius 1 is 1.15 bits per heavy atom. The van der Waals surface area contributed by atoms with Crippen LogP contribution in [-0.4, -0.2) is 22.0 Å². The van der Waals surface area contributed by atoms with Crippen molar-refractivity contribution in [1.29, 1.82) is 0 Å². The fourth-order valence-electron chi connectivity index (χ4n) is 1.51. The van der Waals surface area contributed by atoms with Crippen LogP contribution in [0, 0.1) is 11.8 Å². The molecule has 2 rings (SSSR count). The molecule has 0 atom stereocenters. The van der Waals surface area contributed by atoms with E-state index < -0.39 is 29.2 Å². The normalized spacial score (nSPS) is 10.1. The van der Waals surface area contributed by atoms with Crippen LogP contribution in [0.15, 0.2) is 36.5 Å². The molecule has 7 heteroatoms. The van der Waals surface area contributed by atoms with Crippen molar-refractivity contribution < 1.29 is 23.5 Å². The number of carboxylic acid groups (broad SMARTS) is 1. The number of anilines is 1. The Bertz CT molecular complexity index is 689. The number of carbonyl (C=O) groups excluding carboxylic acids is 1. The van der Waals surface area contributed by atoms with Crippen LogP contribution in [0.4, 0.5) is 14.5 Å². The molecule has 1 heterocycles. The molecule has 0 aliphatic heterocycles. The van der Waals surface area contributed by atoms with E-state index in [4.69, 9.17) is 5.11 Å². The average molecular weight is 278 g/mol. The zero-order valence-corrected chi connectivity index (χ0v) is 9.93. The molecule has 1 aromatic heterocycles. The predicted octanol–water partition coefficient (Wildman–Crippen LogP) is 2.31. The fraction of sp³-hybridized carbons (Fsp3) is 0. The summed E-state index contributed by atoms with van der Waals surface area (Å²) < 4.78 is 26.1. The molecule has 0 fully saturated rings. The number of carboxylic acids is 1. The molecule has 0 spiro atoms. The average Bonchev–Trinajstić information content (AvgIpc) is 2.40. The van der Waals surface area contributed by atoms with Crippen LogP contribution in [0.5, 0.6) is 0 Å². The van der Waals surface area contributed by atoms with E-state index in [1.165, 1.54) is 12.1 Å². The number of aromatic nitrogens is 1. The van der Waals surface area contributed by atoms with E-state index in [9.17, 15) is 18.4 Å². The second-order valence-corrected chi connectivity index (χ2v) is 3.82. The van der Waals surface area contributed by atoms with Gasteiger partial charge in [0.15, 0.2) is 0 Å². The maximum atomic E-state index is 13.2. The second kappa shape index (κ2) is 5.43. The van der Waals surface area contributed by atoms with Gasteiger partial charge in [-0.05, 0) is 24.3 Å². The summed E-state index contributed by atoms with van der Waals surface area (Å²) >= 11 is 0. The molecule has 0 aliphatic rings. The zero-order valence-electron chi connectivity index (χ0n) is 9.93. The highest BCUT2D eigenvalue weighted by molar-refractivity contribution is 6.04. The Hall–Kier alpha value is -2.83. The van der Waals surface area contributed by atoms with Gasteiger partial charge in [-0.1, -0.05) is 0 Å². The van der Waals surface area contributed by atoms with Gasteiger partial charge in [0.2, 0.25) is 5.95 Å². The maximum absolute atomic E-state index is 13.2. The summed E-state index contributed by atoms with van der Waals surface area (Å²) in [6, 6.07) is 5.33. The maximum Gasteiger partial charge on any atom is 0.338 e. The van der Waals surface area contributed by atoms with Crippen LogP contribution in [-0.2, 0) is 0 Å². The Morgan fingerprint density at radius 3 is 2.55 bits per heavy atom. The van der Waals surface area contributed by atoms with Crippen molar-refractivity contribution >= 4 is 17.6 Å². The molecule has 5 nitrogen and oxygen atoms in total. The quantitative estimate of drug-likeness (QED) is 0.844. The lowest BCUT2D eigenvalue weighted by Gasteiger charge is -2.06. The fourth-order valence-corrected chi connectivity index (χ4v) is 1.51. The lowest BCUT2D eigenvalue weighted by Crippen LogP contribution is -2.13. The van der Waals surface area contributed by atoms with Crippen molar-refractivity contribution in [3.8, 4) is 0 Å². The van der Waals surface area contributed by atoms with E-state index in [1.54, 1.807) is 0 Å². The molecule has 1 aromatic carbocycles. The highest BCUT2D eigenvalue weighted by Gasteiger charge is 2.13. The van der Waals surface area contributed by atoms with Gasteiger partial charge in [-0.3, -0.25) is 4.79 Å². The molecule has 0 aliphatic carbocycles. The van der Waals surface area contributed by atoms with E-state index >= 15 is 0 Å². The lowest BCUT2D eigenvalue weighted by molar-refractivity contribution is 0.0691. The van der Waals surface area contributed by atoms with Gasteiger partial charge >= 0.3 is 5.97 Å². The summed E-state index contributed by atoms with van der Waals surface area (Å²) in [5.41, 5.74) is -0.464. The smallest absolute Gasteiger partial charge is 0.338 e. The molecule has 102 valence electrons. The number of carbonyl (C=O) groups is 2. The van der Waals surface area contributed by atoms with Crippen LogP contribution < -0.4 is 5.32 Å². The summed E-state index contributed by atoms with van der Waals surface area (Å²) in [6.07, 6.45) is 1.12. The first-order valence-electron chi connectivity index (χ1n) is 5.43. The number of hydrogen-bond acceptors (Lipinski definition) is 3. The molecule has 2 aromatic rings. The number of amides is 1. The summed E-state index contributed by atoms with van der Waals surface area (Å²) in [7, 11) is 0. The van der Waals surface area contributed by atoms with Crippen LogP contribution in [0.1, 0.15) is 20.7 Å². The topological polar surface area (TPSA) is 79.3 Å². The number of nitrogens with one attached hydrogen (secondary N) is 1. The predicted molar refractivity (Wildman–Crippen MR) is 65.5 cm³/mol. The van der Waals surface area contributed by atoms with Gasteiger partial charge in [0.05, 0.1) is 5.56 Å². The standard InChI is InChI=1S/C13H8F2N2O3/c14-10-2-1-8(6-9(10)13(19)20)17-12(18)7-3-4-16-11(15)5-7/h1-6H,(H,17,18)(H,19,20). The third-order valence-corrected chi connectivity index (χ3v) is 2.44. The monoisotopic (exact) mass is 278 g/mol. The number of nitrogens with zero attached hydrogens (tertiary/aromatic N) is 1. The molecular weight excluding hydrogens is 270 g/mol. The molecule has 20 heavy (non-hydrogen) atoms. The van der Waals surface area contributed by atoms with Gasteiger partial charge in [0.25, 0.3) is 5.91 Å². The van der Waals surface area contributed by atoms with Crippen molar-refractivity contribution in [2.45, 2.75) is 0 Å². The van der Waals surface area contributed by atoms with E-state index in [1.807, 2.05) is 0 Å². The zero-order chi connectivity index (χ0) is 14.7. The summed E-state index contributed by atoms with van der Waals surface area (Å²) in [4.78, 5) is 25.9. The Labute approximate surface area is 111 Å². The van der Waals surface area contributed by atoms with Gasteiger partial charge in [-0.25, -0.2) is 14.2 Å². The first-order valence-corrected chi connectivity index (χ1v) is 5.43. The highest BCUT2D eigenvalue weighted by atomic mass is 19.1. The van der Waals surface area contributed by atoms with E-state index in [-0.39, 0.29) is 11.3 Å². The van der Waals surface area contributed by atoms with Crippen LogP contribution in [0.3, 0.4) is 0 Å². The molecule has 0 bridgehead atoms.